The van der Waals surface area contributed by atoms with Gasteiger partial charge in [0.2, 0.25) is 0 Å². The molecule has 2 atom stereocenters. The predicted molar refractivity (Wildman–Crippen MR) is 79.8 cm³/mol. The van der Waals surface area contributed by atoms with Gasteiger partial charge in [0.1, 0.15) is 0 Å². The van der Waals surface area contributed by atoms with Gasteiger partial charge >= 0.3 is 5.97 Å². The van der Waals surface area contributed by atoms with E-state index in [1.807, 2.05) is 62.9 Å². The van der Waals surface area contributed by atoms with Crippen LogP contribution in [0, 0.1) is 0 Å². The highest BCUT2D eigenvalue weighted by atomic mass is 16.5. The van der Waals surface area contributed by atoms with Crippen LogP contribution in [-0.4, -0.2) is 41.8 Å². The summed E-state index contributed by atoms with van der Waals surface area (Å²) in [6, 6.07) is 9.36. The number of aliphatic carboxylic acids is 1. The molecule has 0 spiro atoms. The summed E-state index contributed by atoms with van der Waals surface area (Å²) in [6.45, 7) is 9.46. The molecule has 0 aliphatic rings. The van der Waals surface area contributed by atoms with Crippen LogP contribution >= 0.6 is 0 Å². The largest absolute Gasteiger partial charge is 0.480 e. The van der Waals surface area contributed by atoms with E-state index in [1.54, 1.807) is 0 Å². The fourth-order valence-corrected chi connectivity index (χ4v) is 2.89. The molecule has 0 bridgehead atoms. The molecule has 0 aliphatic heterocycles. The van der Waals surface area contributed by atoms with Crippen molar-refractivity contribution in [3.05, 3.63) is 35.9 Å². The molecule has 0 fully saturated rings. The normalized spacial score (nSPS) is 15.8. The topological polar surface area (TPSA) is 49.8 Å². The van der Waals surface area contributed by atoms with Crippen molar-refractivity contribution >= 4 is 5.97 Å². The Labute approximate surface area is 121 Å². The number of carboxylic acid groups (broad SMARTS) is 1. The number of nitrogens with zero attached hydrogens (tertiary/aromatic N) is 1. The quantitative estimate of drug-likeness (QED) is 0.795. The lowest BCUT2D eigenvalue weighted by Crippen LogP contribution is -2.59. The summed E-state index contributed by atoms with van der Waals surface area (Å²) in [5, 5.41) is 9.99. The van der Waals surface area contributed by atoms with Crippen LogP contribution in [-0.2, 0) is 15.1 Å². The minimum absolute atomic E-state index is 0.438. The van der Waals surface area contributed by atoms with Gasteiger partial charge in [-0.3, -0.25) is 4.90 Å². The van der Waals surface area contributed by atoms with E-state index < -0.39 is 17.6 Å². The molecule has 0 aromatic heterocycles. The fourth-order valence-electron chi connectivity index (χ4n) is 2.89. The van der Waals surface area contributed by atoms with E-state index in [1.165, 1.54) is 0 Å². The van der Waals surface area contributed by atoms with Gasteiger partial charge in [-0.15, -0.1) is 0 Å². The summed E-state index contributed by atoms with van der Waals surface area (Å²) in [5.41, 5.74) is -0.391. The molecule has 1 aromatic rings. The summed E-state index contributed by atoms with van der Waals surface area (Å²) >= 11 is 0. The highest BCUT2D eigenvalue weighted by molar-refractivity contribution is 5.81. The van der Waals surface area contributed by atoms with Gasteiger partial charge < -0.3 is 9.84 Å². The van der Waals surface area contributed by atoms with Crippen molar-refractivity contribution in [2.45, 2.75) is 39.3 Å². The van der Waals surface area contributed by atoms with Crippen LogP contribution in [0.15, 0.2) is 30.3 Å². The number of carboxylic acids is 1. The Bertz CT molecular complexity index is 417. The van der Waals surface area contributed by atoms with E-state index in [0.29, 0.717) is 19.7 Å². The Hall–Kier alpha value is -1.39. The lowest BCUT2D eigenvalue weighted by Gasteiger charge is -2.43. The molecule has 4 heteroatoms. The molecule has 1 N–H and O–H groups in total. The standard InChI is InChI=1S/C16H25NO3/c1-5-17(6-2)16(15(18)19,13(4)20-7-3)14-11-9-8-10-12-14/h8-13H,5-7H2,1-4H3,(H,18,19). The van der Waals surface area contributed by atoms with Gasteiger partial charge in [0.15, 0.2) is 5.54 Å². The van der Waals surface area contributed by atoms with E-state index >= 15 is 0 Å². The molecule has 2 unspecified atom stereocenters. The Balaban J connectivity index is 3.46. The summed E-state index contributed by atoms with van der Waals surface area (Å²) in [5.74, 6) is -0.867. The number of likely N-dealkylation sites (N-methyl/N-ethyl adjacent to an activating group) is 1. The van der Waals surface area contributed by atoms with Gasteiger partial charge in [-0.1, -0.05) is 44.2 Å². The third-order valence-electron chi connectivity index (χ3n) is 3.81. The van der Waals surface area contributed by atoms with Crippen LogP contribution in [0.5, 0.6) is 0 Å². The van der Waals surface area contributed by atoms with Gasteiger partial charge in [-0.05, 0) is 32.5 Å². The van der Waals surface area contributed by atoms with Crippen molar-refractivity contribution < 1.29 is 14.6 Å². The summed E-state index contributed by atoms with van der Waals surface area (Å²) in [7, 11) is 0. The molecule has 0 aliphatic carbocycles. The van der Waals surface area contributed by atoms with Crippen molar-refractivity contribution in [3.63, 3.8) is 0 Å². The summed E-state index contributed by atoms with van der Waals surface area (Å²) < 4.78 is 5.69. The lowest BCUT2D eigenvalue weighted by atomic mass is 9.82. The second kappa shape index (κ2) is 7.41. The van der Waals surface area contributed by atoms with Crippen molar-refractivity contribution in [2.75, 3.05) is 19.7 Å². The Morgan fingerprint density at radius 3 is 2.20 bits per heavy atom. The molecule has 0 amide bonds. The van der Waals surface area contributed by atoms with Gasteiger partial charge in [-0.25, -0.2) is 4.79 Å². The van der Waals surface area contributed by atoms with Crippen molar-refractivity contribution in [1.82, 2.24) is 4.90 Å². The molecule has 1 aromatic carbocycles. The fraction of sp³-hybridized carbons (Fsp3) is 0.562. The van der Waals surface area contributed by atoms with Crippen molar-refractivity contribution in [1.29, 1.82) is 0 Å². The predicted octanol–water partition coefficient (Wildman–Crippen LogP) is 2.73. The van der Waals surface area contributed by atoms with Gasteiger partial charge in [-0.2, -0.15) is 0 Å². The van der Waals surface area contributed by atoms with Gasteiger partial charge in [0.25, 0.3) is 0 Å². The Morgan fingerprint density at radius 1 is 1.25 bits per heavy atom. The summed E-state index contributed by atoms with van der Waals surface area (Å²) in [6.07, 6.45) is -0.438. The average Bonchev–Trinajstić information content (AvgIpc) is 2.45. The lowest BCUT2D eigenvalue weighted by molar-refractivity contribution is -0.165. The summed E-state index contributed by atoms with van der Waals surface area (Å²) in [4.78, 5) is 14.1. The average molecular weight is 279 g/mol. The maximum absolute atomic E-state index is 12.2. The van der Waals surface area contributed by atoms with Crippen LogP contribution in [0.25, 0.3) is 0 Å². The van der Waals surface area contributed by atoms with E-state index in [2.05, 4.69) is 0 Å². The molecule has 0 saturated heterocycles. The monoisotopic (exact) mass is 279 g/mol. The first-order valence-corrected chi connectivity index (χ1v) is 7.21. The number of benzene rings is 1. The zero-order valence-electron chi connectivity index (χ0n) is 12.8. The van der Waals surface area contributed by atoms with E-state index in [0.717, 1.165) is 5.56 Å². The maximum atomic E-state index is 12.2. The van der Waals surface area contributed by atoms with Crippen molar-refractivity contribution in [3.8, 4) is 0 Å². The third kappa shape index (κ3) is 2.86. The zero-order valence-corrected chi connectivity index (χ0v) is 12.8. The highest BCUT2D eigenvalue weighted by Crippen LogP contribution is 2.34. The molecular formula is C16H25NO3. The number of rotatable bonds is 8. The van der Waals surface area contributed by atoms with E-state index in [-0.39, 0.29) is 0 Å². The molecule has 1 rings (SSSR count). The van der Waals surface area contributed by atoms with Gasteiger partial charge in [0, 0.05) is 6.61 Å². The van der Waals surface area contributed by atoms with Crippen LogP contribution in [0.3, 0.4) is 0 Å². The first kappa shape index (κ1) is 16.7. The third-order valence-corrected chi connectivity index (χ3v) is 3.81. The second-order valence-corrected chi connectivity index (χ2v) is 4.71. The Kier molecular flexibility index (Phi) is 6.17. The van der Waals surface area contributed by atoms with Gasteiger partial charge in [0.05, 0.1) is 6.10 Å². The minimum atomic E-state index is -1.15. The smallest absolute Gasteiger partial charge is 0.331 e. The van der Waals surface area contributed by atoms with Crippen LogP contribution in [0.1, 0.15) is 33.3 Å². The molecule has 0 radical (unpaired) electrons. The SMILES string of the molecule is CCOC(C)C(C(=O)O)(c1ccccc1)N(CC)CC. The van der Waals surface area contributed by atoms with E-state index in [9.17, 15) is 9.90 Å². The highest BCUT2D eigenvalue weighted by Gasteiger charge is 2.50. The van der Waals surface area contributed by atoms with E-state index in [4.69, 9.17) is 4.74 Å². The van der Waals surface area contributed by atoms with Crippen LogP contribution in [0.2, 0.25) is 0 Å². The first-order chi connectivity index (χ1) is 9.55. The number of carbonyl (C=O) groups is 1. The molecule has 112 valence electrons. The molecular weight excluding hydrogens is 254 g/mol. The maximum Gasteiger partial charge on any atom is 0.331 e. The second-order valence-electron chi connectivity index (χ2n) is 4.71. The number of ether oxygens (including phenoxy) is 1. The zero-order chi connectivity index (χ0) is 15.2. The number of hydrogen-bond donors (Lipinski definition) is 1. The van der Waals surface area contributed by atoms with Crippen LogP contribution < -0.4 is 0 Å². The molecule has 20 heavy (non-hydrogen) atoms. The van der Waals surface area contributed by atoms with Crippen molar-refractivity contribution in [2.24, 2.45) is 0 Å². The van der Waals surface area contributed by atoms with Crippen LogP contribution in [0.4, 0.5) is 0 Å². The first-order valence-electron chi connectivity index (χ1n) is 7.21. The number of hydrogen-bond acceptors (Lipinski definition) is 3. The molecule has 0 heterocycles. The Morgan fingerprint density at radius 2 is 1.80 bits per heavy atom. The molecule has 4 nitrogen and oxygen atoms in total. The minimum Gasteiger partial charge on any atom is -0.480 e. The molecule has 0 saturated carbocycles.